The smallest absolute Gasteiger partial charge is 0.406 e. The van der Waals surface area contributed by atoms with Gasteiger partial charge in [0.05, 0.1) is 12.3 Å². The summed E-state index contributed by atoms with van der Waals surface area (Å²) in [6.45, 7) is 1.66. The van der Waals surface area contributed by atoms with Crippen LogP contribution in [-0.4, -0.2) is 34.1 Å². The first-order valence-electron chi connectivity index (χ1n) is 9.33. The van der Waals surface area contributed by atoms with Gasteiger partial charge in [0, 0.05) is 29.8 Å². The summed E-state index contributed by atoms with van der Waals surface area (Å²) in [5.74, 6) is -0.295. The van der Waals surface area contributed by atoms with Gasteiger partial charge in [0.25, 0.3) is 0 Å². The molecule has 0 fully saturated rings. The zero-order chi connectivity index (χ0) is 22.4. The number of ether oxygens (including phenoxy) is 1. The quantitative estimate of drug-likeness (QED) is 0.449. The van der Waals surface area contributed by atoms with Crippen molar-refractivity contribution in [3.63, 3.8) is 0 Å². The van der Waals surface area contributed by atoms with E-state index in [4.69, 9.17) is 0 Å². The molecule has 10 heteroatoms. The van der Waals surface area contributed by atoms with Crippen molar-refractivity contribution in [2.75, 3.05) is 17.2 Å². The van der Waals surface area contributed by atoms with Crippen LogP contribution in [0.3, 0.4) is 0 Å². The van der Waals surface area contributed by atoms with E-state index >= 15 is 0 Å². The Morgan fingerprint density at radius 1 is 1.06 bits per heavy atom. The molecule has 0 unspecified atom stereocenters. The highest BCUT2D eigenvalue weighted by Crippen LogP contribution is 2.29. The number of alkyl halides is 3. The average Bonchev–Trinajstić information content (AvgIpc) is 2.72. The van der Waals surface area contributed by atoms with Gasteiger partial charge in [-0.1, -0.05) is 30.3 Å². The Kier molecular flexibility index (Phi) is 6.91. The van der Waals surface area contributed by atoms with Gasteiger partial charge in [-0.15, -0.1) is 13.2 Å². The number of aromatic nitrogens is 2. The molecule has 1 aromatic heterocycles. The number of halogens is 4. The monoisotopic (exact) mass is 436 g/mol. The number of nitrogens with one attached hydrogen (secondary N) is 2. The molecule has 6 nitrogen and oxygen atoms in total. The van der Waals surface area contributed by atoms with Crippen molar-refractivity contribution in [2.24, 2.45) is 0 Å². The minimum Gasteiger partial charge on any atom is -0.406 e. The number of benzene rings is 2. The first-order chi connectivity index (χ1) is 14.7. The fourth-order valence-electron chi connectivity index (χ4n) is 2.70. The fraction of sp³-hybridized carbons (Fsp3) is 0.238. The second-order valence-electron chi connectivity index (χ2n) is 6.71. The molecule has 0 saturated heterocycles. The Balaban J connectivity index is 1.92. The molecule has 0 amide bonds. The fourth-order valence-corrected chi connectivity index (χ4v) is 2.70. The molecule has 164 valence electrons. The van der Waals surface area contributed by atoms with Crippen LogP contribution < -0.4 is 15.4 Å². The first-order valence-corrected chi connectivity index (χ1v) is 9.33. The molecule has 0 aliphatic carbocycles. The summed E-state index contributed by atoms with van der Waals surface area (Å²) >= 11 is 0. The highest BCUT2D eigenvalue weighted by atomic mass is 19.4. The Morgan fingerprint density at radius 2 is 1.84 bits per heavy atom. The van der Waals surface area contributed by atoms with Crippen LogP contribution in [0.2, 0.25) is 0 Å². The molecule has 0 spiro atoms. The standard InChI is InChI=1S/C21H20F4N4O2/c1-13(12-30)27-20-28-18(14-6-4-7-16(9-14)31-21(23,24)25)10-19(29-20)26-11-15-5-2-3-8-17(15)22/h2-10,13,30H,11-12H2,1H3,(H2,26,27,28,29)/t13-/m1/s1. The molecule has 0 aliphatic heterocycles. The predicted molar refractivity (Wildman–Crippen MR) is 108 cm³/mol. The molecule has 0 bridgehead atoms. The number of rotatable bonds is 8. The van der Waals surface area contributed by atoms with E-state index in [0.29, 0.717) is 22.6 Å². The Labute approximate surface area is 175 Å². The third-order valence-electron chi connectivity index (χ3n) is 4.16. The van der Waals surface area contributed by atoms with Crippen LogP contribution >= 0.6 is 0 Å². The predicted octanol–water partition coefficient (Wildman–Crippen LogP) is 4.59. The SMILES string of the molecule is C[C@H](CO)Nc1nc(NCc2ccccc2F)cc(-c2cccc(OC(F)(F)F)c2)n1. The average molecular weight is 436 g/mol. The topological polar surface area (TPSA) is 79.3 Å². The lowest BCUT2D eigenvalue weighted by molar-refractivity contribution is -0.274. The lowest BCUT2D eigenvalue weighted by Gasteiger charge is -2.15. The van der Waals surface area contributed by atoms with E-state index in [9.17, 15) is 22.7 Å². The lowest BCUT2D eigenvalue weighted by Crippen LogP contribution is -2.21. The minimum atomic E-state index is -4.82. The molecular weight excluding hydrogens is 416 g/mol. The molecule has 31 heavy (non-hydrogen) atoms. The molecule has 1 atom stereocenters. The molecule has 3 N–H and O–H groups in total. The van der Waals surface area contributed by atoms with Gasteiger partial charge in [-0.2, -0.15) is 4.98 Å². The summed E-state index contributed by atoms with van der Waals surface area (Å²) in [5.41, 5.74) is 1.09. The number of aliphatic hydroxyl groups excluding tert-OH is 1. The third-order valence-corrected chi connectivity index (χ3v) is 4.16. The van der Waals surface area contributed by atoms with Crippen molar-refractivity contribution in [1.29, 1.82) is 0 Å². The van der Waals surface area contributed by atoms with Crippen LogP contribution in [0.1, 0.15) is 12.5 Å². The highest BCUT2D eigenvalue weighted by Gasteiger charge is 2.31. The van der Waals surface area contributed by atoms with Crippen molar-refractivity contribution in [3.05, 3.63) is 66.0 Å². The molecule has 0 aliphatic rings. The maximum atomic E-state index is 13.9. The molecule has 3 aromatic rings. The van der Waals surface area contributed by atoms with Gasteiger partial charge in [-0.3, -0.25) is 0 Å². The molecule has 0 radical (unpaired) electrons. The molecular formula is C21H20F4N4O2. The maximum absolute atomic E-state index is 13.9. The van der Waals surface area contributed by atoms with Crippen LogP contribution in [-0.2, 0) is 6.54 Å². The van der Waals surface area contributed by atoms with Gasteiger partial charge < -0.3 is 20.5 Å². The van der Waals surface area contributed by atoms with Crippen LogP contribution in [0.25, 0.3) is 11.3 Å². The van der Waals surface area contributed by atoms with Crippen LogP contribution in [0.4, 0.5) is 29.3 Å². The van der Waals surface area contributed by atoms with Crippen molar-refractivity contribution in [2.45, 2.75) is 25.9 Å². The highest BCUT2D eigenvalue weighted by molar-refractivity contribution is 5.66. The Bertz CT molecular complexity index is 1030. The number of hydrogen-bond acceptors (Lipinski definition) is 6. The van der Waals surface area contributed by atoms with E-state index < -0.39 is 6.36 Å². The number of aliphatic hydroxyl groups is 1. The number of nitrogens with zero attached hydrogens (tertiary/aromatic N) is 2. The molecule has 2 aromatic carbocycles. The summed E-state index contributed by atoms with van der Waals surface area (Å²) in [7, 11) is 0. The largest absolute Gasteiger partial charge is 0.573 e. The summed E-state index contributed by atoms with van der Waals surface area (Å²) < 4.78 is 55.5. The Hall–Kier alpha value is -3.40. The second kappa shape index (κ2) is 9.61. The van der Waals surface area contributed by atoms with E-state index in [-0.39, 0.29) is 36.7 Å². The van der Waals surface area contributed by atoms with Gasteiger partial charge in [0.15, 0.2) is 0 Å². The van der Waals surface area contributed by atoms with Gasteiger partial charge in [0.1, 0.15) is 17.4 Å². The maximum Gasteiger partial charge on any atom is 0.573 e. The van der Waals surface area contributed by atoms with Crippen LogP contribution in [0.5, 0.6) is 5.75 Å². The van der Waals surface area contributed by atoms with Crippen LogP contribution in [0, 0.1) is 5.82 Å². The molecule has 3 rings (SSSR count). The summed E-state index contributed by atoms with van der Waals surface area (Å²) in [4.78, 5) is 8.61. The van der Waals surface area contributed by atoms with Gasteiger partial charge >= 0.3 is 6.36 Å². The normalized spacial score (nSPS) is 12.3. The third kappa shape index (κ3) is 6.54. The molecule has 1 heterocycles. The number of anilines is 2. The van der Waals surface area contributed by atoms with E-state index in [1.165, 1.54) is 30.3 Å². The second-order valence-corrected chi connectivity index (χ2v) is 6.71. The number of hydrogen-bond donors (Lipinski definition) is 3. The molecule has 0 saturated carbocycles. The van der Waals surface area contributed by atoms with Crippen LogP contribution in [0.15, 0.2) is 54.6 Å². The van der Waals surface area contributed by atoms with Gasteiger partial charge in [-0.05, 0) is 25.1 Å². The van der Waals surface area contributed by atoms with E-state index in [1.54, 1.807) is 31.2 Å². The van der Waals surface area contributed by atoms with Crippen molar-refractivity contribution in [1.82, 2.24) is 9.97 Å². The van der Waals surface area contributed by atoms with Crippen molar-refractivity contribution >= 4 is 11.8 Å². The van der Waals surface area contributed by atoms with Crippen molar-refractivity contribution in [3.8, 4) is 17.0 Å². The van der Waals surface area contributed by atoms with E-state index in [2.05, 4.69) is 25.3 Å². The van der Waals surface area contributed by atoms with Gasteiger partial charge in [-0.25, -0.2) is 9.37 Å². The lowest BCUT2D eigenvalue weighted by atomic mass is 10.1. The summed E-state index contributed by atoms with van der Waals surface area (Å²) in [6, 6.07) is 12.8. The Morgan fingerprint density at radius 3 is 2.55 bits per heavy atom. The van der Waals surface area contributed by atoms with E-state index in [0.717, 1.165) is 0 Å². The zero-order valence-corrected chi connectivity index (χ0v) is 16.4. The van der Waals surface area contributed by atoms with E-state index in [1.807, 2.05) is 0 Å². The van der Waals surface area contributed by atoms with Crippen molar-refractivity contribution < 1.29 is 27.4 Å². The first kappa shape index (κ1) is 22.3. The van der Waals surface area contributed by atoms with Gasteiger partial charge in [0.2, 0.25) is 5.95 Å². The minimum absolute atomic E-state index is 0.134. The zero-order valence-electron chi connectivity index (χ0n) is 16.4. The summed E-state index contributed by atoms with van der Waals surface area (Å²) in [6.07, 6.45) is -4.82. The summed E-state index contributed by atoms with van der Waals surface area (Å²) in [5, 5.41) is 15.2.